The lowest BCUT2D eigenvalue weighted by Crippen LogP contribution is -2.56. The van der Waals surface area contributed by atoms with Gasteiger partial charge >= 0.3 is 0 Å². The highest BCUT2D eigenvalue weighted by molar-refractivity contribution is 5.98. The second-order valence-corrected chi connectivity index (χ2v) is 4.06. The van der Waals surface area contributed by atoms with E-state index < -0.39 is 28.8 Å². The smallest absolute Gasteiger partial charge is 0.244 e. The average molecular weight is 226 g/mol. The molecule has 1 saturated carbocycles. The summed E-state index contributed by atoms with van der Waals surface area (Å²) in [7, 11) is 0. The minimum atomic E-state index is -0.964. The van der Waals surface area contributed by atoms with Crippen molar-refractivity contribution in [1.29, 1.82) is 0 Å². The fraction of sp³-hybridized carbons (Fsp3) is 0.364. The first kappa shape index (κ1) is 11.0. The van der Waals surface area contributed by atoms with Crippen molar-refractivity contribution in [2.75, 3.05) is 5.32 Å². The van der Waals surface area contributed by atoms with Crippen LogP contribution in [0.4, 0.5) is 14.5 Å². The van der Waals surface area contributed by atoms with Crippen LogP contribution < -0.4 is 11.1 Å². The van der Waals surface area contributed by atoms with Crippen molar-refractivity contribution in [3.05, 3.63) is 29.8 Å². The van der Waals surface area contributed by atoms with Gasteiger partial charge in [-0.2, -0.15) is 0 Å². The molecule has 16 heavy (non-hydrogen) atoms. The number of anilines is 1. The largest absolute Gasteiger partial charge is 0.320 e. The predicted molar refractivity (Wildman–Crippen MR) is 55.8 cm³/mol. The van der Waals surface area contributed by atoms with Crippen LogP contribution in [0.5, 0.6) is 0 Å². The van der Waals surface area contributed by atoms with Crippen LogP contribution in [-0.2, 0) is 4.79 Å². The number of benzene rings is 1. The molecule has 0 bridgehead atoms. The number of carbonyl (C=O) groups excluding carboxylic acids is 1. The van der Waals surface area contributed by atoms with Gasteiger partial charge in [0.2, 0.25) is 5.91 Å². The van der Waals surface area contributed by atoms with Crippen LogP contribution in [-0.4, -0.2) is 11.4 Å². The normalized spacial score (nSPS) is 17.7. The number of nitrogens with two attached hydrogens (primary N) is 1. The molecule has 0 atom stereocenters. The molecule has 1 aromatic carbocycles. The van der Waals surface area contributed by atoms with E-state index in [-0.39, 0.29) is 0 Å². The van der Waals surface area contributed by atoms with Gasteiger partial charge in [0.25, 0.3) is 0 Å². The van der Waals surface area contributed by atoms with Crippen LogP contribution in [0.3, 0.4) is 0 Å². The van der Waals surface area contributed by atoms with Crippen molar-refractivity contribution in [3.8, 4) is 0 Å². The number of hydrogen-bond donors (Lipinski definition) is 2. The summed E-state index contributed by atoms with van der Waals surface area (Å²) in [5, 5.41) is 2.21. The van der Waals surface area contributed by atoms with Crippen molar-refractivity contribution in [2.45, 2.75) is 24.8 Å². The molecule has 1 aliphatic carbocycles. The van der Waals surface area contributed by atoms with E-state index in [1.165, 1.54) is 6.07 Å². The average Bonchev–Trinajstić information content (AvgIpc) is 2.20. The molecule has 86 valence electrons. The maximum absolute atomic E-state index is 13.2. The lowest BCUT2D eigenvalue weighted by atomic mass is 9.77. The fourth-order valence-corrected chi connectivity index (χ4v) is 1.64. The van der Waals surface area contributed by atoms with E-state index in [1.54, 1.807) is 0 Å². The lowest BCUT2D eigenvalue weighted by Gasteiger charge is -2.36. The monoisotopic (exact) mass is 226 g/mol. The standard InChI is InChI=1S/C11H12F2N2O/c12-7-3-1-4-8(13)9(7)15-10(16)11(14)5-2-6-11/h1,3-4H,2,5-6,14H2,(H,15,16). The summed E-state index contributed by atoms with van der Waals surface area (Å²) >= 11 is 0. The number of rotatable bonds is 2. The first-order valence-electron chi connectivity index (χ1n) is 5.07. The van der Waals surface area contributed by atoms with Gasteiger partial charge in [-0.15, -0.1) is 0 Å². The maximum atomic E-state index is 13.2. The zero-order chi connectivity index (χ0) is 11.8. The Morgan fingerprint density at radius 1 is 1.31 bits per heavy atom. The van der Waals surface area contributed by atoms with Crippen LogP contribution in [0.2, 0.25) is 0 Å². The molecule has 0 heterocycles. The van der Waals surface area contributed by atoms with Gasteiger partial charge in [0, 0.05) is 0 Å². The Balaban J connectivity index is 2.18. The topological polar surface area (TPSA) is 55.1 Å². The summed E-state index contributed by atoms with van der Waals surface area (Å²) in [5.41, 5.74) is 4.35. The molecule has 0 unspecified atom stereocenters. The Morgan fingerprint density at radius 3 is 2.31 bits per heavy atom. The highest BCUT2D eigenvalue weighted by Crippen LogP contribution is 2.31. The number of amides is 1. The molecule has 5 heteroatoms. The molecule has 3 nitrogen and oxygen atoms in total. The summed E-state index contributed by atoms with van der Waals surface area (Å²) in [6.07, 6.45) is 1.97. The van der Waals surface area contributed by atoms with E-state index in [0.717, 1.165) is 18.6 Å². The van der Waals surface area contributed by atoms with Crippen LogP contribution in [0, 0.1) is 11.6 Å². The van der Waals surface area contributed by atoms with Crippen LogP contribution >= 0.6 is 0 Å². The van der Waals surface area contributed by atoms with Crippen molar-refractivity contribution in [3.63, 3.8) is 0 Å². The third kappa shape index (κ3) is 1.78. The van der Waals surface area contributed by atoms with Gasteiger partial charge in [0.1, 0.15) is 17.3 Å². The third-order valence-electron chi connectivity index (χ3n) is 2.90. The molecule has 1 aliphatic rings. The van der Waals surface area contributed by atoms with Crippen LogP contribution in [0.15, 0.2) is 18.2 Å². The SMILES string of the molecule is NC1(C(=O)Nc2c(F)cccc2F)CCC1. The molecule has 1 amide bonds. The van der Waals surface area contributed by atoms with Gasteiger partial charge in [-0.25, -0.2) is 8.78 Å². The minimum Gasteiger partial charge on any atom is -0.320 e. The summed E-state index contributed by atoms with van der Waals surface area (Å²) in [6.45, 7) is 0. The molecule has 0 spiro atoms. The van der Waals surface area contributed by atoms with E-state index >= 15 is 0 Å². The molecule has 1 fully saturated rings. The number of para-hydroxylation sites is 1. The lowest BCUT2D eigenvalue weighted by molar-refractivity contribution is -0.123. The molecule has 0 radical (unpaired) electrons. The third-order valence-corrected chi connectivity index (χ3v) is 2.90. The van der Waals surface area contributed by atoms with Crippen molar-refractivity contribution in [1.82, 2.24) is 0 Å². The summed E-state index contributed by atoms with van der Waals surface area (Å²) in [5.74, 6) is -2.12. The first-order chi connectivity index (χ1) is 7.53. The molecule has 0 aliphatic heterocycles. The fourth-order valence-electron chi connectivity index (χ4n) is 1.64. The van der Waals surface area contributed by atoms with E-state index in [9.17, 15) is 13.6 Å². The number of hydrogen-bond acceptors (Lipinski definition) is 2. The quantitative estimate of drug-likeness (QED) is 0.807. The van der Waals surface area contributed by atoms with Crippen LogP contribution in [0.25, 0.3) is 0 Å². The maximum Gasteiger partial charge on any atom is 0.244 e. The number of nitrogens with one attached hydrogen (secondary N) is 1. The van der Waals surface area contributed by atoms with Crippen molar-refractivity contribution >= 4 is 11.6 Å². The molecule has 2 rings (SSSR count). The highest BCUT2D eigenvalue weighted by Gasteiger charge is 2.40. The zero-order valence-electron chi connectivity index (χ0n) is 8.59. The van der Waals surface area contributed by atoms with Gasteiger partial charge in [0.15, 0.2) is 0 Å². The Bertz CT molecular complexity index is 410. The zero-order valence-corrected chi connectivity index (χ0v) is 8.59. The van der Waals surface area contributed by atoms with Gasteiger partial charge in [-0.1, -0.05) is 6.07 Å². The molecule has 0 saturated heterocycles. The first-order valence-corrected chi connectivity index (χ1v) is 5.07. The van der Waals surface area contributed by atoms with Gasteiger partial charge < -0.3 is 11.1 Å². The van der Waals surface area contributed by atoms with Gasteiger partial charge in [0.05, 0.1) is 5.54 Å². The van der Waals surface area contributed by atoms with E-state index in [1.807, 2.05) is 0 Å². The highest BCUT2D eigenvalue weighted by atomic mass is 19.1. The van der Waals surface area contributed by atoms with Crippen molar-refractivity contribution < 1.29 is 13.6 Å². The summed E-state index contributed by atoms with van der Waals surface area (Å²) in [4.78, 5) is 11.7. The van der Waals surface area contributed by atoms with Gasteiger partial charge in [-0.3, -0.25) is 4.79 Å². The van der Waals surface area contributed by atoms with E-state index in [4.69, 9.17) is 5.73 Å². The minimum absolute atomic E-state index is 0.427. The second-order valence-electron chi connectivity index (χ2n) is 4.06. The Labute approximate surface area is 91.6 Å². The number of carbonyl (C=O) groups is 1. The Morgan fingerprint density at radius 2 is 1.88 bits per heavy atom. The van der Waals surface area contributed by atoms with Crippen molar-refractivity contribution in [2.24, 2.45) is 5.73 Å². The summed E-state index contributed by atoms with van der Waals surface area (Å²) in [6, 6.07) is 3.41. The molecule has 1 aromatic rings. The predicted octanol–water partition coefficient (Wildman–Crippen LogP) is 1.78. The Kier molecular flexibility index (Phi) is 2.63. The Hall–Kier alpha value is -1.49. The molecular formula is C11H12F2N2O. The molecule has 0 aromatic heterocycles. The number of halogens is 2. The molecule has 3 N–H and O–H groups in total. The van der Waals surface area contributed by atoms with E-state index in [2.05, 4.69) is 5.32 Å². The van der Waals surface area contributed by atoms with Gasteiger partial charge in [-0.05, 0) is 31.4 Å². The second kappa shape index (κ2) is 3.83. The molecular weight excluding hydrogens is 214 g/mol. The summed E-state index contributed by atoms with van der Waals surface area (Å²) < 4.78 is 26.5. The van der Waals surface area contributed by atoms with Crippen LogP contribution in [0.1, 0.15) is 19.3 Å². The van der Waals surface area contributed by atoms with E-state index in [0.29, 0.717) is 12.8 Å².